The van der Waals surface area contributed by atoms with E-state index in [1.165, 1.54) is 5.56 Å². The highest BCUT2D eigenvalue weighted by Gasteiger charge is 2.11. The van der Waals surface area contributed by atoms with E-state index in [0.29, 0.717) is 11.6 Å². The Morgan fingerprint density at radius 1 is 1.14 bits per heavy atom. The summed E-state index contributed by atoms with van der Waals surface area (Å²) >= 11 is 6.25. The van der Waals surface area contributed by atoms with Crippen molar-refractivity contribution in [3.8, 4) is 0 Å². The maximum absolute atomic E-state index is 12.0. The molecule has 0 saturated heterocycles. The van der Waals surface area contributed by atoms with Crippen LogP contribution < -0.4 is 10.7 Å². The predicted octanol–water partition coefficient (Wildman–Crippen LogP) is 4.07. The Balaban J connectivity index is 1.59. The molecule has 0 aliphatic carbocycles. The van der Waals surface area contributed by atoms with Crippen LogP contribution in [-0.2, 0) is 11.3 Å². The minimum absolute atomic E-state index is 0.143. The number of hydrazone groups is 1. The Bertz CT molecular complexity index is 1020. The van der Waals surface area contributed by atoms with Gasteiger partial charge in [-0.15, -0.1) is 0 Å². The van der Waals surface area contributed by atoms with Gasteiger partial charge in [-0.25, -0.2) is 5.43 Å². The lowest BCUT2D eigenvalue weighted by atomic mass is 10.2. The third-order valence-corrected chi connectivity index (χ3v) is 4.97. The fourth-order valence-electron chi connectivity index (χ4n) is 2.90. The highest BCUT2D eigenvalue weighted by Crippen LogP contribution is 2.18. The molecule has 0 aliphatic heterocycles. The highest BCUT2D eigenvalue weighted by atomic mass is 35.5. The fourth-order valence-corrected chi connectivity index (χ4v) is 3.10. The van der Waals surface area contributed by atoms with Gasteiger partial charge in [0.1, 0.15) is 0 Å². The smallest absolute Gasteiger partial charge is 0.259 e. The van der Waals surface area contributed by atoms with Gasteiger partial charge in [-0.1, -0.05) is 47.5 Å². The number of aromatic nitrogens is 2. The summed E-state index contributed by atoms with van der Waals surface area (Å²) in [6, 6.07) is 15.6. The number of hydrogen-bond donors (Lipinski definition) is 2. The lowest BCUT2D eigenvalue weighted by Gasteiger charge is -2.06. The zero-order valence-corrected chi connectivity index (χ0v) is 17.5. The second-order valence-electron chi connectivity index (χ2n) is 6.85. The molecular formula is C22H24ClN5O. The molecule has 0 bridgehead atoms. The van der Waals surface area contributed by atoms with E-state index in [0.717, 1.165) is 28.2 Å². The Hall–Kier alpha value is -3.12. The van der Waals surface area contributed by atoms with Gasteiger partial charge in [0.25, 0.3) is 5.91 Å². The molecule has 0 unspecified atom stereocenters. The third kappa shape index (κ3) is 5.45. The summed E-state index contributed by atoms with van der Waals surface area (Å²) in [6.45, 7) is 6.63. The summed E-state index contributed by atoms with van der Waals surface area (Å²) in [5.74, 6) is -0.222. The van der Waals surface area contributed by atoms with Crippen LogP contribution in [0, 0.1) is 20.8 Å². The largest absolute Gasteiger partial charge is 0.376 e. The van der Waals surface area contributed by atoms with Gasteiger partial charge >= 0.3 is 0 Å². The summed E-state index contributed by atoms with van der Waals surface area (Å²) in [6.07, 6.45) is 1.63. The average molecular weight is 410 g/mol. The molecule has 150 valence electrons. The number of benzene rings is 2. The standard InChI is InChI=1S/C22H24ClN5O/c1-15-8-10-19(11-9-15)24-13-22(29)26-25-12-20-16(2)27-28(17(20)3)14-18-6-4-5-7-21(18)23/h4-12,24H,13-14H2,1-3H3,(H,26,29)/b25-12-. The van der Waals surface area contributed by atoms with E-state index < -0.39 is 0 Å². The number of aryl methyl sites for hydroxylation is 2. The Morgan fingerprint density at radius 3 is 2.59 bits per heavy atom. The molecule has 2 aromatic carbocycles. The van der Waals surface area contributed by atoms with Crippen LogP contribution in [0.3, 0.4) is 0 Å². The van der Waals surface area contributed by atoms with Crippen LogP contribution in [0.1, 0.15) is 28.1 Å². The summed E-state index contributed by atoms with van der Waals surface area (Å²) in [5, 5.41) is 12.4. The van der Waals surface area contributed by atoms with Crippen molar-refractivity contribution in [2.24, 2.45) is 5.10 Å². The number of nitrogens with one attached hydrogen (secondary N) is 2. The van der Waals surface area contributed by atoms with Crippen molar-refractivity contribution in [1.29, 1.82) is 0 Å². The predicted molar refractivity (Wildman–Crippen MR) is 118 cm³/mol. The van der Waals surface area contributed by atoms with E-state index in [2.05, 4.69) is 20.9 Å². The van der Waals surface area contributed by atoms with Crippen molar-refractivity contribution < 1.29 is 4.79 Å². The maximum atomic E-state index is 12.0. The summed E-state index contributed by atoms with van der Waals surface area (Å²) in [5.41, 5.74) is 8.28. The number of nitrogens with zero attached hydrogens (tertiary/aromatic N) is 3. The molecule has 0 spiro atoms. The van der Waals surface area contributed by atoms with E-state index >= 15 is 0 Å². The van der Waals surface area contributed by atoms with Crippen LogP contribution in [0.2, 0.25) is 5.02 Å². The molecule has 1 heterocycles. The van der Waals surface area contributed by atoms with Crippen LogP contribution in [0.4, 0.5) is 5.69 Å². The molecule has 29 heavy (non-hydrogen) atoms. The first-order valence-electron chi connectivity index (χ1n) is 9.34. The Kier molecular flexibility index (Phi) is 6.67. The lowest BCUT2D eigenvalue weighted by Crippen LogP contribution is -2.25. The number of halogens is 1. The number of carbonyl (C=O) groups is 1. The fraction of sp³-hybridized carbons (Fsp3) is 0.227. The Morgan fingerprint density at radius 2 is 1.86 bits per heavy atom. The van der Waals surface area contributed by atoms with Gasteiger partial charge in [-0.3, -0.25) is 9.48 Å². The minimum Gasteiger partial charge on any atom is -0.376 e. The van der Waals surface area contributed by atoms with Gasteiger partial charge in [-0.2, -0.15) is 10.2 Å². The average Bonchev–Trinajstić information content (AvgIpc) is 2.96. The molecule has 6 nitrogen and oxygen atoms in total. The zero-order chi connectivity index (χ0) is 20.8. The van der Waals surface area contributed by atoms with Crippen LogP contribution in [0.25, 0.3) is 0 Å². The molecule has 0 saturated carbocycles. The summed E-state index contributed by atoms with van der Waals surface area (Å²) < 4.78 is 1.89. The van der Waals surface area contributed by atoms with Gasteiger partial charge in [0.05, 0.1) is 25.0 Å². The summed E-state index contributed by atoms with van der Waals surface area (Å²) in [4.78, 5) is 12.0. The van der Waals surface area contributed by atoms with Crippen LogP contribution in [0.5, 0.6) is 0 Å². The number of rotatable bonds is 7. The molecule has 2 N–H and O–H groups in total. The third-order valence-electron chi connectivity index (χ3n) is 4.60. The normalized spacial score (nSPS) is 11.0. The van der Waals surface area contributed by atoms with E-state index in [4.69, 9.17) is 11.6 Å². The highest BCUT2D eigenvalue weighted by molar-refractivity contribution is 6.31. The molecule has 3 rings (SSSR count). The first kappa shape index (κ1) is 20.6. The zero-order valence-electron chi connectivity index (χ0n) is 16.7. The molecule has 3 aromatic rings. The molecule has 1 aromatic heterocycles. The van der Waals surface area contributed by atoms with Crippen molar-refractivity contribution in [2.45, 2.75) is 27.3 Å². The number of anilines is 1. The van der Waals surface area contributed by atoms with Gasteiger partial charge in [0, 0.05) is 22.0 Å². The second kappa shape index (κ2) is 9.39. The van der Waals surface area contributed by atoms with Crippen molar-refractivity contribution in [3.05, 3.63) is 81.6 Å². The van der Waals surface area contributed by atoms with Crippen molar-refractivity contribution >= 4 is 29.4 Å². The second-order valence-corrected chi connectivity index (χ2v) is 7.25. The molecular weight excluding hydrogens is 386 g/mol. The molecule has 7 heteroatoms. The van der Waals surface area contributed by atoms with Crippen LogP contribution >= 0.6 is 11.6 Å². The quantitative estimate of drug-likeness (QED) is 0.456. The van der Waals surface area contributed by atoms with Gasteiger partial charge in [0.2, 0.25) is 0 Å². The first-order chi connectivity index (χ1) is 13.9. The molecule has 0 fully saturated rings. The monoisotopic (exact) mass is 409 g/mol. The maximum Gasteiger partial charge on any atom is 0.259 e. The molecule has 0 aliphatic rings. The van der Waals surface area contributed by atoms with Crippen molar-refractivity contribution in [1.82, 2.24) is 15.2 Å². The van der Waals surface area contributed by atoms with E-state index in [1.807, 2.05) is 74.0 Å². The Labute approximate surface area is 175 Å². The van der Waals surface area contributed by atoms with Gasteiger partial charge in [-0.05, 0) is 44.5 Å². The number of amides is 1. The van der Waals surface area contributed by atoms with Crippen molar-refractivity contribution in [2.75, 3.05) is 11.9 Å². The van der Waals surface area contributed by atoms with Crippen LogP contribution in [0.15, 0.2) is 53.6 Å². The van der Waals surface area contributed by atoms with E-state index in [-0.39, 0.29) is 12.5 Å². The molecule has 1 amide bonds. The SMILES string of the molecule is Cc1ccc(NCC(=O)N/N=C\c2c(C)nn(Cc3ccccc3Cl)c2C)cc1. The van der Waals surface area contributed by atoms with Gasteiger partial charge < -0.3 is 5.32 Å². The van der Waals surface area contributed by atoms with Gasteiger partial charge in [0.15, 0.2) is 0 Å². The summed E-state index contributed by atoms with van der Waals surface area (Å²) in [7, 11) is 0. The van der Waals surface area contributed by atoms with E-state index in [9.17, 15) is 4.79 Å². The first-order valence-corrected chi connectivity index (χ1v) is 9.71. The number of hydrogen-bond acceptors (Lipinski definition) is 4. The number of carbonyl (C=O) groups excluding carboxylic acids is 1. The molecule has 0 radical (unpaired) electrons. The van der Waals surface area contributed by atoms with Crippen LogP contribution in [-0.4, -0.2) is 28.4 Å². The minimum atomic E-state index is -0.222. The van der Waals surface area contributed by atoms with Crippen molar-refractivity contribution in [3.63, 3.8) is 0 Å². The lowest BCUT2D eigenvalue weighted by molar-refractivity contribution is -0.119. The van der Waals surface area contributed by atoms with E-state index in [1.54, 1.807) is 6.21 Å². The molecule has 0 atom stereocenters. The topological polar surface area (TPSA) is 71.3 Å².